The maximum absolute atomic E-state index is 2.46. The predicted octanol–water partition coefficient (Wildman–Crippen LogP) is 1.15. The van der Waals surface area contributed by atoms with Crippen LogP contribution >= 0.6 is 0 Å². The van der Waals surface area contributed by atoms with E-state index in [-0.39, 0.29) is 50.7 Å². The van der Waals surface area contributed by atoms with Crippen molar-refractivity contribution in [2.24, 2.45) is 0 Å². The summed E-state index contributed by atoms with van der Waals surface area (Å²) >= 11 is 0. The largest absolute Gasteiger partial charge is 4.00 e. The molecule has 0 spiro atoms. The summed E-state index contributed by atoms with van der Waals surface area (Å²) < 4.78 is 0. The van der Waals surface area contributed by atoms with Gasteiger partial charge in [0.1, 0.15) is 0 Å². The molecule has 2 aliphatic heterocycles. The Balaban J connectivity index is 0.000000529. The van der Waals surface area contributed by atoms with Crippen molar-refractivity contribution in [2.45, 2.75) is 102 Å². The molecule has 0 aliphatic carbocycles. The van der Waals surface area contributed by atoms with E-state index in [0.717, 1.165) is 0 Å². The third-order valence-electron chi connectivity index (χ3n) is 7.68. The van der Waals surface area contributed by atoms with Gasteiger partial charge in [0.2, 0.25) is 0 Å². The molecule has 5 heteroatoms. The molecule has 0 atom stereocenters. The Bertz CT molecular complexity index is 667. The average Bonchev–Trinajstić information content (AvgIpc) is 3.23. The molecule has 4 rings (SSSR count). The number of hydrogen-bond donors (Lipinski definition) is 0. The Morgan fingerprint density at radius 2 is 1.06 bits per heavy atom. The fourth-order valence-electron chi connectivity index (χ4n) is 5.39. The molecule has 0 nitrogen and oxygen atoms in total. The summed E-state index contributed by atoms with van der Waals surface area (Å²) in [6.07, 6.45) is 8.65. The van der Waals surface area contributed by atoms with Crippen LogP contribution in [0.25, 0.3) is 0 Å². The van der Waals surface area contributed by atoms with Crippen LogP contribution in [-0.4, -0.2) is 16.1 Å². The van der Waals surface area contributed by atoms with Crippen LogP contribution < -0.4 is 35.2 Å². The number of unbranched alkanes of at least 4 members (excludes halogenated alkanes) is 2. The maximum atomic E-state index is 2.46. The number of hydrogen-bond acceptors (Lipinski definition) is 0. The molecule has 2 aromatic carbocycles. The van der Waals surface area contributed by atoms with Gasteiger partial charge in [-0.3, -0.25) is 0 Å². The second-order valence-electron chi connectivity index (χ2n) is 9.83. The van der Waals surface area contributed by atoms with E-state index in [1.54, 1.807) is 46.6 Å². The van der Waals surface area contributed by atoms with E-state index in [9.17, 15) is 0 Å². The first-order chi connectivity index (χ1) is 13.5. The molecule has 2 aliphatic rings. The Morgan fingerprint density at radius 1 is 0.710 bits per heavy atom. The van der Waals surface area contributed by atoms with Crippen LogP contribution in [-0.2, 0) is 25.8 Å². The van der Waals surface area contributed by atoms with Gasteiger partial charge in [0.15, 0.2) is 0 Å². The van der Waals surface area contributed by atoms with Gasteiger partial charge < -0.3 is 24.8 Å². The van der Waals surface area contributed by atoms with Crippen LogP contribution in [0.3, 0.4) is 0 Å². The van der Waals surface area contributed by atoms with Gasteiger partial charge in [0, 0.05) is 16.1 Å². The zero-order valence-corrected chi connectivity index (χ0v) is 27.3. The molecule has 2 fully saturated rings. The molecule has 0 unspecified atom stereocenters. The number of halogens is 2. The van der Waals surface area contributed by atoms with E-state index >= 15 is 0 Å². The summed E-state index contributed by atoms with van der Waals surface area (Å²) in [6, 6.07) is 23.7. The normalized spacial score (nSPS) is 17.4. The van der Waals surface area contributed by atoms with Gasteiger partial charge in [-0.1, -0.05) is 102 Å². The summed E-state index contributed by atoms with van der Waals surface area (Å²) in [5, 5.41) is 3.52. The molecule has 2 heterocycles. The summed E-state index contributed by atoms with van der Waals surface area (Å²) in [5.74, 6) is 0. The third-order valence-corrected chi connectivity index (χ3v) is 18.6. The van der Waals surface area contributed by atoms with Crippen LogP contribution in [0, 0.1) is 13.8 Å². The Kier molecular flexibility index (Phi) is 15.0. The standard InChI is InChI=1S/2C13H21Si.2ClH.Hf/c2*1-3-4-8-14(9-5-10-14)13-7-6-12(2)11-13;;;/h2*6-7,11H,3-5,8-10H2,1-2H3;2*1H;/q2*-1;;;+4/p-2. The van der Waals surface area contributed by atoms with E-state index in [4.69, 9.17) is 0 Å². The fraction of sp³-hybridized carbons (Fsp3) is 0.615. The SMILES string of the molecule is CCCC[Si]1(c2cc[c-](C)c2)CCC1.CCCC[Si]1(c2cc[c-](C)c2)CCC1.[Cl-].[Cl-].[Hf+4]. The van der Waals surface area contributed by atoms with Crippen LogP contribution in [0.2, 0.25) is 36.3 Å². The average molecular weight is 660 g/mol. The van der Waals surface area contributed by atoms with Gasteiger partial charge in [0.05, 0.1) is 0 Å². The number of aryl methyl sites for hydroxylation is 2. The fourth-order valence-corrected chi connectivity index (χ4v) is 14.5. The first-order valence-electron chi connectivity index (χ1n) is 12.0. The minimum absolute atomic E-state index is 0. The third kappa shape index (κ3) is 7.80. The maximum Gasteiger partial charge on any atom is 4.00 e. The summed E-state index contributed by atoms with van der Waals surface area (Å²) in [5.41, 5.74) is 2.94. The molecule has 2 aromatic rings. The smallest absolute Gasteiger partial charge is 1.00 e. The minimum Gasteiger partial charge on any atom is -1.00 e. The van der Waals surface area contributed by atoms with Gasteiger partial charge in [-0.05, 0) is 0 Å². The van der Waals surface area contributed by atoms with Crippen molar-refractivity contribution in [1.29, 1.82) is 0 Å². The van der Waals surface area contributed by atoms with Crippen molar-refractivity contribution in [3.8, 4) is 0 Å². The summed E-state index contributed by atoms with van der Waals surface area (Å²) in [6.45, 7) is 9.09. The van der Waals surface area contributed by atoms with Crippen molar-refractivity contribution in [1.82, 2.24) is 0 Å². The molecular formula is C26H42Cl2HfSi2. The predicted molar refractivity (Wildman–Crippen MR) is 132 cm³/mol. The Morgan fingerprint density at radius 3 is 1.26 bits per heavy atom. The van der Waals surface area contributed by atoms with Crippen molar-refractivity contribution in [3.63, 3.8) is 0 Å². The molecule has 0 saturated carbocycles. The van der Waals surface area contributed by atoms with Crippen LogP contribution in [0.5, 0.6) is 0 Å². The minimum atomic E-state index is -0.919. The van der Waals surface area contributed by atoms with E-state index in [1.807, 2.05) is 0 Å². The Hall–Kier alpha value is 0.584. The van der Waals surface area contributed by atoms with Crippen LogP contribution in [0.1, 0.15) is 63.5 Å². The van der Waals surface area contributed by atoms with E-state index in [1.165, 1.54) is 49.7 Å². The van der Waals surface area contributed by atoms with Gasteiger partial charge in [0.25, 0.3) is 0 Å². The van der Waals surface area contributed by atoms with Gasteiger partial charge in [-0.2, -0.15) is 35.4 Å². The molecule has 0 radical (unpaired) electrons. The van der Waals surface area contributed by atoms with Gasteiger partial charge in [-0.25, -0.2) is 22.5 Å². The first-order valence-corrected chi connectivity index (χ1v) is 17.3. The van der Waals surface area contributed by atoms with Crippen molar-refractivity contribution in [2.75, 3.05) is 0 Å². The molecule has 0 aromatic heterocycles. The van der Waals surface area contributed by atoms with Crippen molar-refractivity contribution < 1.29 is 50.7 Å². The van der Waals surface area contributed by atoms with Crippen molar-refractivity contribution in [3.05, 3.63) is 47.5 Å². The number of rotatable bonds is 8. The summed E-state index contributed by atoms with van der Waals surface area (Å²) in [7, 11) is -1.84. The molecule has 0 N–H and O–H groups in total. The quantitative estimate of drug-likeness (QED) is 0.295. The molecule has 0 bridgehead atoms. The van der Waals surface area contributed by atoms with Crippen LogP contribution in [0.4, 0.5) is 0 Å². The van der Waals surface area contributed by atoms with E-state index in [2.05, 4.69) is 64.1 Å². The molecule has 31 heavy (non-hydrogen) atoms. The molecule has 2 saturated heterocycles. The second kappa shape index (κ2) is 14.8. The monoisotopic (exact) mass is 660 g/mol. The van der Waals surface area contributed by atoms with Crippen LogP contribution in [0.15, 0.2) is 36.4 Å². The van der Waals surface area contributed by atoms with E-state index in [0.29, 0.717) is 0 Å². The molecule has 172 valence electrons. The molecular weight excluding hydrogens is 618 g/mol. The Labute approximate surface area is 225 Å². The topological polar surface area (TPSA) is 0 Å². The first kappa shape index (κ1) is 31.6. The molecule has 0 amide bonds. The zero-order chi connectivity index (χ0) is 20.0. The second-order valence-corrected chi connectivity index (χ2v) is 19.1. The van der Waals surface area contributed by atoms with Gasteiger partial charge >= 0.3 is 25.8 Å². The zero-order valence-electron chi connectivity index (χ0n) is 20.2. The van der Waals surface area contributed by atoms with Crippen molar-refractivity contribution >= 4 is 26.5 Å². The van der Waals surface area contributed by atoms with E-state index < -0.39 is 16.1 Å². The van der Waals surface area contributed by atoms with Gasteiger partial charge in [-0.15, -0.1) is 0 Å². The summed E-state index contributed by atoms with van der Waals surface area (Å²) in [4.78, 5) is 0.